The molecule has 18 nitrogen and oxygen atoms in total. The quantitative estimate of drug-likeness (QED) is 0.100. The Morgan fingerprint density at radius 3 is 1.45 bits per heavy atom. The second kappa shape index (κ2) is 24.2. The van der Waals surface area contributed by atoms with Crippen LogP contribution in [0.3, 0.4) is 0 Å². The summed E-state index contributed by atoms with van der Waals surface area (Å²) in [6.07, 6.45) is 18.0. The van der Waals surface area contributed by atoms with Crippen molar-refractivity contribution in [3.05, 3.63) is 128 Å². The van der Waals surface area contributed by atoms with E-state index in [2.05, 4.69) is 80.3 Å². The first-order chi connectivity index (χ1) is 33.7. The highest BCUT2D eigenvalue weighted by Gasteiger charge is 2.27. The summed E-state index contributed by atoms with van der Waals surface area (Å²) in [6.45, 7) is 8.20. The van der Waals surface area contributed by atoms with Crippen LogP contribution >= 0.6 is 34.3 Å². The molecule has 0 spiro atoms. The second-order valence-electron chi connectivity index (χ2n) is 16.7. The number of aromatic nitrogens is 14. The minimum atomic E-state index is 0.172. The molecule has 69 heavy (non-hydrogen) atoms. The predicted molar refractivity (Wildman–Crippen MR) is 262 cm³/mol. The van der Waals surface area contributed by atoms with E-state index in [9.17, 15) is 0 Å². The van der Waals surface area contributed by atoms with Gasteiger partial charge < -0.3 is 19.3 Å². The molecular formula is C48H55ClN14O4S2. The van der Waals surface area contributed by atoms with Gasteiger partial charge in [0.2, 0.25) is 0 Å². The van der Waals surface area contributed by atoms with Crippen LogP contribution in [0.5, 0.6) is 23.5 Å². The summed E-state index contributed by atoms with van der Waals surface area (Å²) >= 11 is 9.27. The first-order valence-corrected chi connectivity index (χ1v) is 25.4. The molecule has 0 aliphatic heterocycles. The van der Waals surface area contributed by atoms with Gasteiger partial charge in [-0.15, -0.1) is 64.3 Å². The first kappa shape index (κ1) is 48.9. The smallest absolute Gasteiger partial charge is 0.316 e. The molecule has 10 rings (SSSR count). The SMILES string of the molecule is CCc1cnc(OC2CCC(c3nc(CCl)cs3)CC2)nc1.CCc1cnc(OC2CCC(c3nc(COc4ccc(-n5nnc(C)n5)cc4)cs3)CC2)nc1.Cc1nnn(-c2ccc(O)cc2)n1. The summed E-state index contributed by atoms with van der Waals surface area (Å²) < 4.78 is 17.8. The summed E-state index contributed by atoms with van der Waals surface area (Å²) in [5.41, 5.74) is 5.82. The number of tetrazole rings is 2. The number of aromatic hydroxyl groups is 1. The number of benzene rings is 2. The number of aryl methyl sites for hydroxylation is 4. The van der Waals surface area contributed by atoms with Crippen molar-refractivity contribution >= 4 is 34.3 Å². The lowest BCUT2D eigenvalue weighted by Gasteiger charge is -2.27. The third-order valence-electron chi connectivity index (χ3n) is 11.6. The van der Waals surface area contributed by atoms with Gasteiger partial charge in [0.05, 0.1) is 38.7 Å². The van der Waals surface area contributed by atoms with Gasteiger partial charge in [0.25, 0.3) is 0 Å². The van der Waals surface area contributed by atoms with E-state index in [1.807, 2.05) is 56.0 Å². The summed E-state index contributed by atoms with van der Waals surface area (Å²) in [6, 6.07) is 15.2. The first-order valence-electron chi connectivity index (χ1n) is 23.2. The maximum Gasteiger partial charge on any atom is 0.316 e. The second-order valence-corrected chi connectivity index (χ2v) is 18.7. The zero-order valence-corrected chi connectivity index (χ0v) is 41.4. The molecule has 6 aromatic heterocycles. The number of ether oxygens (including phenoxy) is 3. The highest BCUT2D eigenvalue weighted by molar-refractivity contribution is 7.10. The molecule has 2 saturated carbocycles. The van der Waals surface area contributed by atoms with Crippen molar-refractivity contribution in [2.24, 2.45) is 0 Å². The van der Waals surface area contributed by atoms with E-state index in [-0.39, 0.29) is 18.0 Å². The lowest BCUT2D eigenvalue weighted by Crippen LogP contribution is -2.24. The van der Waals surface area contributed by atoms with Crippen LogP contribution in [0.15, 0.2) is 84.1 Å². The van der Waals surface area contributed by atoms with Crippen molar-refractivity contribution in [1.82, 2.24) is 70.3 Å². The normalized spacial score (nSPS) is 17.8. The molecule has 0 radical (unpaired) electrons. The van der Waals surface area contributed by atoms with E-state index in [1.165, 1.54) is 19.6 Å². The fraction of sp³-hybridized carbons (Fsp3) is 0.417. The Morgan fingerprint density at radius 2 is 1.04 bits per heavy atom. The van der Waals surface area contributed by atoms with Gasteiger partial charge in [0, 0.05) is 47.4 Å². The largest absolute Gasteiger partial charge is 0.508 e. The Hall–Kier alpha value is -6.51. The van der Waals surface area contributed by atoms with Gasteiger partial charge in [-0.2, -0.15) is 0 Å². The number of phenols is 1. The molecule has 0 amide bonds. The van der Waals surface area contributed by atoms with Gasteiger partial charge in [-0.05, 0) is 148 Å². The minimum absolute atomic E-state index is 0.172. The molecule has 21 heteroatoms. The monoisotopic (exact) mass is 990 g/mol. The maximum absolute atomic E-state index is 9.04. The van der Waals surface area contributed by atoms with E-state index >= 15 is 0 Å². The lowest BCUT2D eigenvalue weighted by molar-refractivity contribution is 0.133. The summed E-state index contributed by atoms with van der Waals surface area (Å²) in [5.74, 6) is 3.78. The number of hydrogen-bond donors (Lipinski definition) is 1. The molecule has 0 saturated heterocycles. The summed E-state index contributed by atoms with van der Waals surface area (Å²) in [4.78, 5) is 29.6. The molecule has 8 aromatic rings. The molecule has 1 N–H and O–H groups in total. The average molecular weight is 992 g/mol. The topological polar surface area (TPSA) is 212 Å². The number of hydrogen-bond acceptors (Lipinski definition) is 18. The zero-order valence-electron chi connectivity index (χ0n) is 39.0. The Balaban J connectivity index is 0.000000156. The molecule has 360 valence electrons. The Morgan fingerprint density at radius 1 is 0.609 bits per heavy atom. The van der Waals surface area contributed by atoms with Crippen LogP contribution in [-0.2, 0) is 25.3 Å². The number of halogens is 1. The number of alkyl halides is 1. The van der Waals surface area contributed by atoms with Crippen LogP contribution in [0, 0.1) is 13.8 Å². The average Bonchev–Trinajstić information content (AvgIpc) is 4.24. The molecule has 2 fully saturated rings. The Kier molecular flexibility index (Phi) is 17.1. The van der Waals surface area contributed by atoms with Gasteiger partial charge in [-0.25, -0.2) is 29.9 Å². The number of thiazole rings is 2. The van der Waals surface area contributed by atoms with Crippen molar-refractivity contribution in [3.63, 3.8) is 0 Å². The minimum Gasteiger partial charge on any atom is -0.508 e. The van der Waals surface area contributed by atoms with Crippen molar-refractivity contribution in [2.45, 2.75) is 128 Å². The van der Waals surface area contributed by atoms with Gasteiger partial charge in [-0.1, -0.05) is 13.8 Å². The van der Waals surface area contributed by atoms with Crippen LogP contribution in [0.1, 0.15) is 121 Å². The van der Waals surface area contributed by atoms with Crippen molar-refractivity contribution in [3.8, 4) is 34.9 Å². The van der Waals surface area contributed by atoms with Crippen molar-refractivity contribution in [1.29, 1.82) is 0 Å². The van der Waals surface area contributed by atoms with E-state index in [0.29, 0.717) is 48.0 Å². The van der Waals surface area contributed by atoms with Gasteiger partial charge in [-0.3, -0.25) is 0 Å². The van der Waals surface area contributed by atoms with Gasteiger partial charge >= 0.3 is 12.0 Å². The molecule has 2 aliphatic rings. The third-order valence-corrected chi connectivity index (χ3v) is 14.0. The van der Waals surface area contributed by atoms with Crippen molar-refractivity contribution in [2.75, 3.05) is 0 Å². The molecule has 6 heterocycles. The maximum atomic E-state index is 9.04. The summed E-state index contributed by atoms with van der Waals surface area (Å²) in [7, 11) is 0. The molecule has 2 aliphatic carbocycles. The molecule has 0 unspecified atom stereocenters. The van der Waals surface area contributed by atoms with Gasteiger partial charge in [0.1, 0.15) is 30.3 Å². The van der Waals surface area contributed by atoms with Crippen molar-refractivity contribution < 1.29 is 19.3 Å². The Bertz CT molecular complexity index is 2770. The van der Waals surface area contributed by atoms with Crippen LogP contribution in [0.25, 0.3) is 11.4 Å². The summed E-state index contributed by atoms with van der Waals surface area (Å²) in [5, 5.41) is 39.3. The van der Waals surface area contributed by atoms with E-state index in [1.54, 1.807) is 53.9 Å². The standard InChI is InChI=1S/C24H27N7O2S.C16H20ClN3OS.C8H8N4O/c1-3-17-12-25-24(26-13-17)33-22-8-4-18(5-9-22)23-27-19(15-34-23)14-32-21-10-6-20(7-11-21)31-29-16(2)28-30-31;1-2-11-8-18-16(19-9-11)21-14-5-3-12(4-6-14)15-20-13(7-17)10-22-15;1-6-9-11-12(10-6)7-2-4-8(13)5-3-7/h6-7,10-13,15,18,22H,3-5,8-9,14H2,1-2H3;8-10,12,14H,2-7H2,1H3;2-5,13H,1H3. The predicted octanol–water partition coefficient (Wildman–Crippen LogP) is 9.48. The van der Waals surface area contributed by atoms with E-state index < -0.39 is 0 Å². The lowest BCUT2D eigenvalue weighted by atomic mass is 9.88. The van der Waals surface area contributed by atoms with Crippen LogP contribution in [-0.4, -0.2) is 87.6 Å². The van der Waals surface area contributed by atoms with Crippen LogP contribution < -0.4 is 14.2 Å². The number of phenolic OH excluding ortho intramolecular Hbond substituents is 1. The van der Waals surface area contributed by atoms with E-state index in [0.717, 1.165) is 104 Å². The van der Waals surface area contributed by atoms with Gasteiger partial charge in [0.15, 0.2) is 11.6 Å². The number of rotatable bonds is 14. The van der Waals surface area contributed by atoms with Crippen LogP contribution in [0.4, 0.5) is 0 Å². The highest BCUT2D eigenvalue weighted by Crippen LogP contribution is 2.37. The molecule has 0 bridgehead atoms. The fourth-order valence-electron chi connectivity index (χ4n) is 7.68. The zero-order chi connectivity index (χ0) is 48.0. The highest BCUT2D eigenvalue weighted by atomic mass is 35.5. The third kappa shape index (κ3) is 14.0. The van der Waals surface area contributed by atoms with Crippen LogP contribution in [0.2, 0.25) is 0 Å². The molecule has 0 atom stereocenters. The molecular weight excluding hydrogens is 936 g/mol. The molecule has 2 aromatic carbocycles. The number of nitrogens with zero attached hydrogens (tertiary/aromatic N) is 14. The van der Waals surface area contributed by atoms with E-state index in [4.69, 9.17) is 35.9 Å². The fourth-order valence-corrected chi connectivity index (χ4v) is 9.88. The Labute approximate surface area is 413 Å².